The highest BCUT2D eigenvalue weighted by Gasteiger charge is 2.25. The maximum absolute atomic E-state index is 12.5. The molecular weight excluding hydrogens is 454 g/mol. The molecule has 0 heterocycles. The number of para-hydroxylation sites is 1. The van der Waals surface area contributed by atoms with Gasteiger partial charge in [0.25, 0.3) is 25.7 Å². The van der Waals surface area contributed by atoms with Crippen molar-refractivity contribution < 1.29 is 21.8 Å². The van der Waals surface area contributed by atoms with Crippen molar-refractivity contribution in [2.24, 2.45) is 0 Å². The first-order valence-corrected chi connectivity index (χ1v) is 11.6. The number of sulfonamides is 2. The molecule has 0 unspecified atom stereocenters. The largest absolute Gasteiger partial charge is 0.289 e. The Kier molecular flexibility index (Phi) is 5.97. The summed E-state index contributed by atoms with van der Waals surface area (Å²) in [6.45, 7) is 0. The second kappa shape index (κ2) is 8.30. The van der Waals surface area contributed by atoms with Gasteiger partial charge in [-0.2, -0.15) is 0 Å². The van der Waals surface area contributed by atoms with Gasteiger partial charge in [-0.1, -0.05) is 29.8 Å². The van der Waals surface area contributed by atoms with Crippen molar-refractivity contribution in [3.8, 4) is 0 Å². The summed E-state index contributed by atoms with van der Waals surface area (Å²) in [5, 5.41) is 11.4. The molecule has 30 heavy (non-hydrogen) atoms. The predicted octanol–water partition coefficient (Wildman–Crippen LogP) is 3.85. The van der Waals surface area contributed by atoms with Gasteiger partial charge in [0.1, 0.15) is 0 Å². The van der Waals surface area contributed by atoms with Crippen LogP contribution in [0.3, 0.4) is 0 Å². The summed E-state index contributed by atoms with van der Waals surface area (Å²) in [6.07, 6.45) is 0. The van der Waals surface area contributed by atoms with Gasteiger partial charge in [-0.15, -0.1) is 0 Å². The molecular formula is C18H14ClN3O6S2. The minimum Gasteiger partial charge on any atom is -0.280 e. The minimum atomic E-state index is -4.26. The zero-order valence-corrected chi connectivity index (χ0v) is 17.4. The summed E-state index contributed by atoms with van der Waals surface area (Å²) in [4.78, 5) is 9.66. The molecule has 0 radical (unpaired) electrons. The Morgan fingerprint density at radius 2 is 1.40 bits per heavy atom. The summed E-state index contributed by atoms with van der Waals surface area (Å²) >= 11 is 5.84. The second-order valence-electron chi connectivity index (χ2n) is 5.97. The van der Waals surface area contributed by atoms with Crippen LogP contribution in [-0.2, 0) is 20.0 Å². The fourth-order valence-corrected chi connectivity index (χ4v) is 4.99. The third kappa shape index (κ3) is 4.87. The van der Waals surface area contributed by atoms with Crippen molar-refractivity contribution in [2.75, 3.05) is 9.44 Å². The van der Waals surface area contributed by atoms with Gasteiger partial charge in [-0.05, 0) is 48.5 Å². The number of hydrogen-bond acceptors (Lipinski definition) is 6. The first-order chi connectivity index (χ1) is 14.1. The van der Waals surface area contributed by atoms with Gasteiger partial charge in [-0.3, -0.25) is 19.6 Å². The van der Waals surface area contributed by atoms with E-state index < -0.39 is 35.6 Å². The Hall–Kier alpha value is -3.15. The van der Waals surface area contributed by atoms with Crippen LogP contribution < -0.4 is 9.44 Å². The fraction of sp³-hybridized carbons (Fsp3) is 0. The van der Waals surface area contributed by atoms with E-state index in [1.807, 2.05) is 0 Å². The molecule has 156 valence electrons. The standard InChI is InChI=1S/C18H14ClN3O6S2/c19-13-4-3-5-15(12-13)21-29(25,26)16-10-8-14(9-11-16)20-30(27,28)18-7-2-1-6-17(18)22(23)24/h1-12,20-21H. The van der Waals surface area contributed by atoms with Crippen LogP contribution in [0.2, 0.25) is 5.02 Å². The molecule has 0 bridgehead atoms. The highest BCUT2D eigenvalue weighted by molar-refractivity contribution is 7.93. The van der Waals surface area contributed by atoms with Crippen molar-refractivity contribution >= 4 is 48.7 Å². The molecule has 2 N–H and O–H groups in total. The third-order valence-corrected chi connectivity index (χ3v) is 6.91. The van der Waals surface area contributed by atoms with E-state index in [1.165, 1.54) is 48.5 Å². The second-order valence-corrected chi connectivity index (χ2v) is 9.74. The van der Waals surface area contributed by atoms with E-state index in [9.17, 15) is 26.9 Å². The molecule has 0 amide bonds. The lowest BCUT2D eigenvalue weighted by atomic mass is 10.3. The molecule has 0 aromatic heterocycles. The average Bonchev–Trinajstić information content (AvgIpc) is 2.68. The average molecular weight is 468 g/mol. The van der Waals surface area contributed by atoms with Crippen LogP contribution in [0.4, 0.5) is 17.1 Å². The van der Waals surface area contributed by atoms with Crippen LogP contribution >= 0.6 is 11.6 Å². The molecule has 9 nitrogen and oxygen atoms in total. The first-order valence-electron chi connectivity index (χ1n) is 8.23. The Labute approximate surface area is 177 Å². The van der Waals surface area contributed by atoms with Gasteiger partial charge in [-0.25, -0.2) is 16.8 Å². The smallest absolute Gasteiger partial charge is 0.280 e. The van der Waals surface area contributed by atoms with Crippen molar-refractivity contribution in [1.82, 2.24) is 0 Å². The number of nitrogens with zero attached hydrogens (tertiary/aromatic N) is 1. The Morgan fingerprint density at radius 3 is 2.03 bits per heavy atom. The van der Waals surface area contributed by atoms with Crippen LogP contribution in [-0.4, -0.2) is 21.8 Å². The lowest BCUT2D eigenvalue weighted by Crippen LogP contribution is -2.15. The van der Waals surface area contributed by atoms with Gasteiger partial charge in [0.15, 0.2) is 4.90 Å². The van der Waals surface area contributed by atoms with Crippen LogP contribution in [0, 0.1) is 10.1 Å². The minimum absolute atomic E-state index is 0.0369. The highest BCUT2D eigenvalue weighted by Crippen LogP contribution is 2.26. The van der Waals surface area contributed by atoms with E-state index in [0.29, 0.717) is 5.02 Å². The van der Waals surface area contributed by atoms with Crippen LogP contribution in [0.15, 0.2) is 82.6 Å². The number of nitrogens with one attached hydrogen (secondary N) is 2. The number of anilines is 2. The highest BCUT2D eigenvalue weighted by atomic mass is 35.5. The third-order valence-electron chi connectivity index (χ3n) is 3.85. The zero-order chi connectivity index (χ0) is 21.9. The molecule has 3 rings (SSSR count). The van der Waals surface area contributed by atoms with Gasteiger partial charge < -0.3 is 0 Å². The van der Waals surface area contributed by atoms with E-state index >= 15 is 0 Å². The molecule has 0 aliphatic rings. The SMILES string of the molecule is O=[N+]([O-])c1ccccc1S(=O)(=O)Nc1ccc(S(=O)(=O)Nc2cccc(Cl)c2)cc1. The van der Waals surface area contributed by atoms with Crippen molar-refractivity contribution in [3.63, 3.8) is 0 Å². The van der Waals surface area contributed by atoms with E-state index in [1.54, 1.807) is 12.1 Å². The number of hydrogen-bond donors (Lipinski definition) is 2. The topological polar surface area (TPSA) is 135 Å². The Bertz CT molecular complexity index is 1310. The van der Waals surface area contributed by atoms with Crippen LogP contribution in [0.5, 0.6) is 0 Å². The van der Waals surface area contributed by atoms with Gasteiger partial charge >= 0.3 is 0 Å². The maximum Gasteiger partial charge on any atom is 0.289 e. The monoisotopic (exact) mass is 467 g/mol. The molecule has 0 saturated heterocycles. The molecule has 3 aromatic rings. The van der Waals surface area contributed by atoms with E-state index in [4.69, 9.17) is 11.6 Å². The molecule has 0 aliphatic heterocycles. The van der Waals surface area contributed by atoms with Crippen LogP contribution in [0.1, 0.15) is 0 Å². The normalized spacial score (nSPS) is 11.6. The molecule has 0 aliphatic carbocycles. The number of halogens is 1. The Morgan fingerprint density at radius 1 is 0.767 bits per heavy atom. The predicted molar refractivity (Wildman–Crippen MR) is 113 cm³/mol. The number of nitro benzene ring substituents is 1. The first kappa shape index (κ1) is 21.6. The summed E-state index contributed by atoms with van der Waals surface area (Å²) < 4.78 is 54.6. The summed E-state index contributed by atoms with van der Waals surface area (Å²) in [5.74, 6) is 0. The van der Waals surface area contributed by atoms with E-state index in [0.717, 1.165) is 12.1 Å². The van der Waals surface area contributed by atoms with Crippen LogP contribution in [0.25, 0.3) is 0 Å². The maximum atomic E-state index is 12.5. The van der Waals surface area contributed by atoms with Crippen molar-refractivity contribution in [2.45, 2.75) is 9.79 Å². The number of rotatable bonds is 7. The number of nitro groups is 1. The Balaban J connectivity index is 1.83. The van der Waals surface area contributed by atoms with Gasteiger partial charge in [0.05, 0.1) is 15.5 Å². The van der Waals surface area contributed by atoms with Gasteiger partial charge in [0, 0.05) is 16.8 Å². The van der Waals surface area contributed by atoms with E-state index in [-0.39, 0.29) is 16.3 Å². The summed E-state index contributed by atoms with van der Waals surface area (Å²) in [6, 6.07) is 15.9. The van der Waals surface area contributed by atoms with Crippen molar-refractivity contribution in [1.29, 1.82) is 0 Å². The molecule has 0 fully saturated rings. The number of benzene rings is 3. The fourth-order valence-electron chi connectivity index (χ4n) is 2.51. The van der Waals surface area contributed by atoms with Gasteiger partial charge in [0.2, 0.25) is 0 Å². The molecule has 12 heteroatoms. The lowest BCUT2D eigenvalue weighted by molar-refractivity contribution is -0.387. The summed E-state index contributed by atoms with van der Waals surface area (Å²) in [5.41, 5.74) is -0.270. The molecule has 0 saturated carbocycles. The quantitative estimate of drug-likeness (QED) is 0.400. The van der Waals surface area contributed by atoms with Crippen molar-refractivity contribution in [3.05, 3.63) is 87.9 Å². The molecule has 0 spiro atoms. The lowest BCUT2D eigenvalue weighted by Gasteiger charge is -2.11. The summed E-state index contributed by atoms with van der Waals surface area (Å²) in [7, 11) is -8.20. The molecule has 3 aromatic carbocycles. The zero-order valence-electron chi connectivity index (χ0n) is 15.0. The van der Waals surface area contributed by atoms with E-state index in [2.05, 4.69) is 9.44 Å². The molecule has 0 atom stereocenters.